The second-order valence-electron chi connectivity index (χ2n) is 4.82. The van der Waals surface area contributed by atoms with Crippen molar-refractivity contribution in [2.45, 2.75) is 37.3 Å². The summed E-state index contributed by atoms with van der Waals surface area (Å²) in [5, 5.41) is 10.7. The summed E-state index contributed by atoms with van der Waals surface area (Å²) in [5.74, 6) is -0.595. The number of nitrogens with zero attached hydrogens (tertiary/aromatic N) is 2. The number of carbonyl (C=O) groups excluding carboxylic acids is 2. The standard InChI is InChI=1S/C13H18N2O3/c1-3-7-13(8-4-2)12(17)14-9-5-6-10(14)11(16)15(13)18/h3-4,10,18H,1-2,5-9H2/t10-/m0/s1. The lowest BCUT2D eigenvalue weighted by atomic mass is 9.85. The van der Waals surface area contributed by atoms with Gasteiger partial charge < -0.3 is 4.90 Å². The molecular formula is C13H18N2O3. The number of hydroxylamine groups is 2. The third kappa shape index (κ3) is 1.58. The van der Waals surface area contributed by atoms with Gasteiger partial charge in [-0.3, -0.25) is 14.8 Å². The van der Waals surface area contributed by atoms with E-state index >= 15 is 0 Å². The highest BCUT2D eigenvalue weighted by atomic mass is 16.5. The van der Waals surface area contributed by atoms with Gasteiger partial charge in [-0.2, -0.15) is 0 Å². The molecule has 2 rings (SSSR count). The maximum atomic E-state index is 12.5. The predicted molar refractivity (Wildman–Crippen MR) is 65.7 cm³/mol. The van der Waals surface area contributed by atoms with Gasteiger partial charge in [0.2, 0.25) is 0 Å². The third-order valence-electron chi connectivity index (χ3n) is 3.78. The molecule has 0 spiro atoms. The summed E-state index contributed by atoms with van der Waals surface area (Å²) < 4.78 is 0. The second kappa shape index (κ2) is 4.57. The van der Waals surface area contributed by atoms with Crippen LogP contribution in [0.1, 0.15) is 25.7 Å². The molecule has 1 N–H and O–H groups in total. The van der Waals surface area contributed by atoms with Crippen LogP contribution < -0.4 is 0 Å². The van der Waals surface area contributed by atoms with Crippen molar-refractivity contribution in [3.8, 4) is 0 Å². The molecule has 5 nitrogen and oxygen atoms in total. The summed E-state index contributed by atoms with van der Waals surface area (Å²) in [6.07, 6.45) is 4.98. The van der Waals surface area contributed by atoms with E-state index in [0.29, 0.717) is 18.0 Å². The fourth-order valence-corrected chi connectivity index (χ4v) is 2.88. The Hall–Kier alpha value is -1.62. The number of fused-ring (bicyclic) bond motifs is 1. The van der Waals surface area contributed by atoms with Crippen molar-refractivity contribution >= 4 is 11.8 Å². The third-order valence-corrected chi connectivity index (χ3v) is 3.78. The number of piperazine rings is 1. The zero-order valence-electron chi connectivity index (χ0n) is 10.3. The molecule has 18 heavy (non-hydrogen) atoms. The van der Waals surface area contributed by atoms with Crippen molar-refractivity contribution in [2.24, 2.45) is 0 Å². The molecule has 5 heteroatoms. The first kappa shape index (κ1) is 12.8. The van der Waals surface area contributed by atoms with Crippen molar-refractivity contribution in [1.82, 2.24) is 9.96 Å². The van der Waals surface area contributed by atoms with E-state index in [4.69, 9.17) is 0 Å². The van der Waals surface area contributed by atoms with Gasteiger partial charge in [-0.1, -0.05) is 12.2 Å². The molecule has 98 valence electrons. The van der Waals surface area contributed by atoms with Crippen molar-refractivity contribution in [1.29, 1.82) is 0 Å². The highest BCUT2D eigenvalue weighted by Crippen LogP contribution is 2.36. The molecule has 2 saturated heterocycles. The van der Waals surface area contributed by atoms with E-state index in [1.54, 1.807) is 17.1 Å². The molecule has 2 aliphatic heterocycles. The van der Waals surface area contributed by atoms with Gasteiger partial charge in [-0.15, -0.1) is 13.2 Å². The van der Waals surface area contributed by atoms with Gasteiger partial charge >= 0.3 is 0 Å². The molecule has 0 aromatic heterocycles. The zero-order chi connectivity index (χ0) is 13.3. The summed E-state index contributed by atoms with van der Waals surface area (Å²) in [6, 6.07) is -0.495. The highest BCUT2D eigenvalue weighted by molar-refractivity contribution is 5.99. The minimum Gasteiger partial charge on any atom is -0.328 e. The van der Waals surface area contributed by atoms with Gasteiger partial charge in [0.1, 0.15) is 6.04 Å². The van der Waals surface area contributed by atoms with Crippen LogP contribution in [0.15, 0.2) is 25.3 Å². The second-order valence-corrected chi connectivity index (χ2v) is 4.82. The zero-order valence-corrected chi connectivity index (χ0v) is 10.3. The Bertz CT molecular complexity index is 395. The number of hydrogen-bond donors (Lipinski definition) is 1. The summed E-state index contributed by atoms with van der Waals surface area (Å²) >= 11 is 0. The first-order valence-electron chi connectivity index (χ1n) is 6.14. The van der Waals surface area contributed by atoms with Crippen molar-refractivity contribution < 1.29 is 14.8 Å². The highest BCUT2D eigenvalue weighted by Gasteiger charge is 2.56. The number of hydrogen-bond acceptors (Lipinski definition) is 3. The largest absolute Gasteiger partial charge is 0.328 e. The van der Waals surface area contributed by atoms with Crippen LogP contribution in [0, 0.1) is 0 Å². The number of rotatable bonds is 4. The van der Waals surface area contributed by atoms with Gasteiger partial charge in [0, 0.05) is 19.4 Å². The maximum absolute atomic E-state index is 12.5. The normalized spacial score (nSPS) is 26.2. The fourth-order valence-electron chi connectivity index (χ4n) is 2.88. The van der Waals surface area contributed by atoms with Crippen LogP contribution in [0.5, 0.6) is 0 Å². The van der Waals surface area contributed by atoms with Gasteiger partial charge in [0.25, 0.3) is 11.8 Å². The first-order valence-corrected chi connectivity index (χ1v) is 6.14. The van der Waals surface area contributed by atoms with Gasteiger partial charge in [0.05, 0.1) is 0 Å². The summed E-state index contributed by atoms with van der Waals surface area (Å²) in [5.41, 5.74) is -1.25. The van der Waals surface area contributed by atoms with Crippen LogP contribution in [-0.2, 0) is 9.59 Å². The van der Waals surface area contributed by atoms with Crippen LogP contribution in [0.4, 0.5) is 0 Å². The van der Waals surface area contributed by atoms with E-state index in [9.17, 15) is 14.8 Å². The Morgan fingerprint density at radius 2 is 1.94 bits per heavy atom. The molecule has 0 saturated carbocycles. The predicted octanol–water partition coefficient (Wildman–Crippen LogP) is 1.10. The molecule has 2 fully saturated rings. The van der Waals surface area contributed by atoms with Crippen molar-refractivity contribution in [2.75, 3.05) is 6.54 Å². The van der Waals surface area contributed by atoms with Crippen molar-refractivity contribution in [3.05, 3.63) is 25.3 Å². The van der Waals surface area contributed by atoms with Crippen LogP contribution in [0.3, 0.4) is 0 Å². The van der Waals surface area contributed by atoms with Crippen molar-refractivity contribution in [3.63, 3.8) is 0 Å². The number of carbonyl (C=O) groups is 2. The fraction of sp³-hybridized carbons (Fsp3) is 0.538. The molecule has 0 unspecified atom stereocenters. The SMILES string of the molecule is C=CCC1(CC=C)C(=O)N2CCC[C@H]2C(=O)N1O. The van der Waals surface area contributed by atoms with E-state index in [-0.39, 0.29) is 18.7 Å². The maximum Gasteiger partial charge on any atom is 0.269 e. The average Bonchev–Trinajstić information content (AvgIpc) is 2.83. The van der Waals surface area contributed by atoms with Crippen LogP contribution >= 0.6 is 0 Å². The first-order chi connectivity index (χ1) is 8.58. The molecule has 2 heterocycles. The van der Waals surface area contributed by atoms with Gasteiger partial charge in [-0.25, -0.2) is 5.06 Å². The molecule has 2 aliphatic rings. The quantitative estimate of drug-likeness (QED) is 0.600. The monoisotopic (exact) mass is 250 g/mol. The Morgan fingerprint density at radius 3 is 2.50 bits per heavy atom. The Morgan fingerprint density at radius 1 is 1.33 bits per heavy atom. The molecule has 0 aliphatic carbocycles. The Labute approximate surface area is 106 Å². The van der Waals surface area contributed by atoms with Gasteiger partial charge in [0.15, 0.2) is 5.54 Å². The lowest BCUT2D eigenvalue weighted by molar-refractivity contribution is -0.216. The molecular weight excluding hydrogens is 232 g/mol. The van der Waals surface area contributed by atoms with Crippen LogP contribution in [0.2, 0.25) is 0 Å². The summed E-state index contributed by atoms with van der Waals surface area (Å²) in [7, 11) is 0. The van der Waals surface area contributed by atoms with E-state index in [1.165, 1.54) is 0 Å². The molecule has 0 radical (unpaired) electrons. The van der Waals surface area contributed by atoms with Crippen LogP contribution in [0.25, 0.3) is 0 Å². The van der Waals surface area contributed by atoms with Crippen LogP contribution in [-0.4, -0.2) is 45.1 Å². The molecule has 0 aromatic carbocycles. The Kier molecular flexibility index (Phi) is 3.26. The topological polar surface area (TPSA) is 60.9 Å². The number of amides is 2. The van der Waals surface area contributed by atoms with E-state index in [0.717, 1.165) is 6.42 Å². The minimum atomic E-state index is -1.25. The molecule has 1 atom stereocenters. The summed E-state index contributed by atoms with van der Waals surface area (Å²) in [6.45, 7) is 7.80. The van der Waals surface area contributed by atoms with E-state index < -0.39 is 17.5 Å². The average molecular weight is 250 g/mol. The lowest BCUT2D eigenvalue weighted by Crippen LogP contribution is -2.69. The molecule has 0 bridgehead atoms. The smallest absolute Gasteiger partial charge is 0.269 e. The lowest BCUT2D eigenvalue weighted by Gasteiger charge is -2.46. The van der Waals surface area contributed by atoms with Gasteiger partial charge in [-0.05, 0) is 12.8 Å². The minimum absolute atomic E-state index is 0.202. The Balaban J connectivity index is 2.43. The molecule has 0 aromatic rings. The van der Waals surface area contributed by atoms with E-state index in [1.807, 2.05) is 0 Å². The van der Waals surface area contributed by atoms with E-state index in [2.05, 4.69) is 13.2 Å². The summed E-state index contributed by atoms with van der Waals surface area (Å²) in [4.78, 5) is 26.3. The molecule has 2 amide bonds.